The van der Waals surface area contributed by atoms with Crippen LogP contribution >= 0.6 is 11.3 Å². The highest BCUT2D eigenvalue weighted by molar-refractivity contribution is 7.17. The molecule has 2 aromatic carbocycles. The Morgan fingerprint density at radius 2 is 1.89 bits per heavy atom. The standard InChI is InChI=1S/C29H26N2O6S/c1-4-5-14-36-20-12-10-18(11-13-20)24-23(25(33)22-15-19-8-6-7-9-21(19)37-22)26(34)28(35)31(24)29-30-16(2)27(38-29)17(3)32/h6-13,15,24,34H,4-5,14H2,1-3H3/t24-/m0/s1. The van der Waals surface area contributed by atoms with Gasteiger partial charge in [0.25, 0.3) is 5.91 Å². The molecule has 0 aliphatic carbocycles. The molecule has 1 atom stereocenters. The Labute approximate surface area is 223 Å². The van der Waals surface area contributed by atoms with Gasteiger partial charge in [0.2, 0.25) is 5.78 Å². The summed E-state index contributed by atoms with van der Waals surface area (Å²) in [5.74, 6) is -1.59. The first kappa shape index (κ1) is 25.4. The van der Waals surface area contributed by atoms with Crippen molar-refractivity contribution in [3.8, 4) is 5.75 Å². The number of para-hydroxylation sites is 1. The van der Waals surface area contributed by atoms with Crippen LogP contribution in [0.15, 0.2) is 70.3 Å². The van der Waals surface area contributed by atoms with Gasteiger partial charge in [-0.05, 0) is 43.2 Å². The highest BCUT2D eigenvalue weighted by Gasteiger charge is 2.46. The topological polar surface area (TPSA) is 110 Å². The number of aliphatic hydroxyl groups is 1. The predicted molar refractivity (Wildman–Crippen MR) is 144 cm³/mol. The summed E-state index contributed by atoms with van der Waals surface area (Å²) >= 11 is 1.05. The van der Waals surface area contributed by atoms with E-state index in [2.05, 4.69) is 11.9 Å². The number of carbonyl (C=O) groups is 3. The quantitative estimate of drug-likeness (QED) is 0.198. The van der Waals surface area contributed by atoms with E-state index in [0.717, 1.165) is 29.6 Å². The number of thiazole rings is 1. The molecule has 38 heavy (non-hydrogen) atoms. The fraction of sp³-hybridized carbons (Fsp3) is 0.241. The zero-order valence-electron chi connectivity index (χ0n) is 21.2. The number of ether oxygens (including phenoxy) is 1. The lowest BCUT2D eigenvalue weighted by Gasteiger charge is -2.24. The average molecular weight is 531 g/mol. The molecule has 0 radical (unpaired) electrons. The Balaban J connectivity index is 1.59. The molecule has 1 amide bonds. The van der Waals surface area contributed by atoms with Crippen molar-refractivity contribution in [1.82, 2.24) is 4.98 Å². The fourth-order valence-electron chi connectivity index (χ4n) is 4.47. The molecule has 0 saturated carbocycles. The lowest BCUT2D eigenvalue weighted by Crippen LogP contribution is -2.31. The highest BCUT2D eigenvalue weighted by atomic mass is 32.1. The minimum Gasteiger partial charge on any atom is -0.503 e. The molecule has 0 fully saturated rings. The summed E-state index contributed by atoms with van der Waals surface area (Å²) in [6.07, 6.45) is 1.92. The van der Waals surface area contributed by atoms with Crippen LogP contribution in [0.2, 0.25) is 0 Å². The molecule has 4 aromatic rings. The fourth-order valence-corrected chi connectivity index (χ4v) is 5.46. The zero-order valence-corrected chi connectivity index (χ0v) is 22.0. The van der Waals surface area contributed by atoms with Gasteiger partial charge in [0.15, 0.2) is 22.4 Å². The molecule has 0 saturated heterocycles. The predicted octanol–water partition coefficient (Wildman–Crippen LogP) is 6.36. The summed E-state index contributed by atoms with van der Waals surface area (Å²) < 4.78 is 11.5. The Kier molecular flexibility index (Phi) is 6.86. The summed E-state index contributed by atoms with van der Waals surface area (Å²) in [5.41, 5.74) is 1.44. The van der Waals surface area contributed by atoms with Crippen molar-refractivity contribution in [3.63, 3.8) is 0 Å². The summed E-state index contributed by atoms with van der Waals surface area (Å²) in [6, 6.07) is 14.8. The molecule has 1 aliphatic rings. The van der Waals surface area contributed by atoms with Crippen LogP contribution in [0, 0.1) is 6.92 Å². The van der Waals surface area contributed by atoms with Crippen LogP contribution in [0.3, 0.4) is 0 Å². The molecule has 8 nitrogen and oxygen atoms in total. The van der Waals surface area contributed by atoms with E-state index in [1.807, 2.05) is 12.1 Å². The van der Waals surface area contributed by atoms with Crippen LogP contribution in [-0.2, 0) is 4.79 Å². The van der Waals surface area contributed by atoms with Gasteiger partial charge in [0.05, 0.1) is 28.8 Å². The Morgan fingerprint density at radius 3 is 2.55 bits per heavy atom. The molecule has 5 rings (SSSR count). The third kappa shape index (κ3) is 4.50. The number of fused-ring (bicyclic) bond motifs is 1. The number of nitrogens with zero attached hydrogens (tertiary/aromatic N) is 2. The molecule has 0 spiro atoms. The summed E-state index contributed by atoms with van der Waals surface area (Å²) in [7, 11) is 0. The molecule has 0 bridgehead atoms. The van der Waals surface area contributed by atoms with E-state index in [4.69, 9.17) is 9.15 Å². The first-order valence-corrected chi connectivity index (χ1v) is 13.1. The second-order valence-corrected chi connectivity index (χ2v) is 10.0. The summed E-state index contributed by atoms with van der Waals surface area (Å²) in [5, 5.41) is 12.0. The average Bonchev–Trinajstić information content (AvgIpc) is 3.58. The SMILES string of the molecule is CCCCOc1ccc([C@H]2C(C(=O)c3cc4ccccc4o3)=C(O)C(=O)N2c2nc(C)c(C(C)=O)s2)cc1. The first-order chi connectivity index (χ1) is 18.3. The van der Waals surface area contributed by atoms with E-state index in [9.17, 15) is 19.5 Å². The largest absolute Gasteiger partial charge is 0.503 e. The van der Waals surface area contributed by atoms with E-state index in [1.54, 1.807) is 49.4 Å². The van der Waals surface area contributed by atoms with E-state index in [0.29, 0.717) is 34.1 Å². The van der Waals surface area contributed by atoms with Crippen LogP contribution in [0.4, 0.5) is 5.13 Å². The molecule has 1 aliphatic heterocycles. The van der Waals surface area contributed by atoms with E-state index in [-0.39, 0.29) is 22.2 Å². The smallest absolute Gasteiger partial charge is 0.296 e. The molecular weight excluding hydrogens is 504 g/mol. The number of aliphatic hydroxyl groups excluding tert-OH is 1. The number of ketones is 2. The normalized spacial score (nSPS) is 15.5. The second kappa shape index (κ2) is 10.3. The summed E-state index contributed by atoms with van der Waals surface area (Å²) in [4.78, 5) is 45.4. The Hall–Kier alpha value is -4.24. The Bertz CT molecular complexity index is 1550. The van der Waals surface area contributed by atoms with Crippen molar-refractivity contribution in [1.29, 1.82) is 0 Å². The third-order valence-corrected chi connectivity index (χ3v) is 7.63. The number of anilines is 1. The number of amides is 1. The van der Waals surface area contributed by atoms with Crippen molar-refractivity contribution in [2.75, 3.05) is 11.5 Å². The van der Waals surface area contributed by atoms with Crippen LogP contribution in [0.1, 0.15) is 64.2 Å². The van der Waals surface area contributed by atoms with Gasteiger partial charge in [-0.2, -0.15) is 0 Å². The van der Waals surface area contributed by atoms with Crippen molar-refractivity contribution in [2.45, 2.75) is 39.7 Å². The number of benzene rings is 2. The first-order valence-electron chi connectivity index (χ1n) is 12.3. The molecule has 9 heteroatoms. The third-order valence-electron chi connectivity index (χ3n) is 6.38. The second-order valence-electron chi connectivity index (χ2n) is 9.06. The number of aryl methyl sites for hydroxylation is 1. The summed E-state index contributed by atoms with van der Waals surface area (Å²) in [6.45, 7) is 5.77. The van der Waals surface area contributed by atoms with Crippen LogP contribution in [0.25, 0.3) is 11.0 Å². The number of unbranched alkanes of at least 4 members (excludes halogenated alkanes) is 1. The van der Waals surface area contributed by atoms with E-state index in [1.165, 1.54) is 11.8 Å². The lowest BCUT2D eigenvalue weighted by atomic mass is 9.95. The number of Topliss-reactive ketones (excluding diaryl/α,β-unsaturated/α-hetero) is 2. The number of furan rings is 1. The lowest BCUT2D eigenvalue weighted by molar-refractivity contribution is -0.117. The number of rotatable bonds is 9. The Morgan fingerprint density at radius 1 is 1.16 bits per heavy atom. The molecule has 2 aromatic heterocycles. The van der Waals surface area contributed by atoms with Crippen LogP contribution < -0.4 is 9.64 Å². The molecule has 0 unspecified atom stereocenters. The van der Waals surface area contributed by atoms with Gasteiger partial charge in [0, 0.05) is 12.3 Å². The number of hydrogen-bond acceptors (Lipinski definition) is 8. The van der Waals surface area contributed by atoms with Crippen LogP contribution in [-0.4, -0.2) is 34.2 Å². The number of aromatic nitrogens is 1. The van der Waals surface area contributed by atoms with Gasteiger partial charge < -0.3 is 14.3 Å². The van der Waals surface area contributed by atoms with E-state index < -0.39 is 23.5 Å². The van der Waals surface area contributed by atoms with Crippen molar-refractivity contribution >= 4 is 44.9 Å². The van der Waals surface area contributed by atoms with Crippen LogP contribution in [0.5, 0.6) is 5.75 Å². The van der Waals surface area contributed by atoms with Crippen molar-refractivity contribution in [3.05, 3.63) is 87.8 Å². The maximum Gasteiger partial charge on any atom is 0.296 e. The zero-order chi connectivity index (χ0) is 27.0. The van der Waals surface area contributed by atoms with Gasteiger partial charge in [-0.15, -0.1) is 0 Å². The molecule has 1 N–H and O–H groups in total. The monoisotopic (exact) mass is 530 g/mol. The van der Waals surface area contributed by atoms with Gasteiger partial charge in [-0.25, -0.2) is 4.98 Å². The maximum atomic E-state index is 13.8. The minimum absolute atomic E-state index is 0.00617. The van der Waals surface area contributed by atoms with Gasteiger partial charge >= 0.3 is 0 Å². The van der Waals surface area contributed by atoms with Gasteiger partial charge in [-0.1, -0.05) is 55.0 Å². The molecular formula is C29H26N2O6S. The number of carbonyl (C=O) groups excluding carboxylic acids is 3. The van der Waals surface area contributed by atoms with Gasteiger partial charge in [0.1, 0.15) is 11.3 Å². The number of hydrogen-bond donors (Lipinski definition) is 1. The maximum absolute atomic E-state index is 13.8. The van der Waals surface area contributed by atoms with Crippen molar-refractivity contribution in [2.24, 2.45) is 0 Å². The van der Waals surface area contributed by atoms with Crippen molar-refractivity contribution < 1.29 is 28.6 Å². The highest BCUT2D eigenvalue weighted by Crippen LogP contribution is 2.44. The molecule has 3 heterocycles. The van der Waals surface area contributed by atoms with Gasteiger partial charge in [-0.3, -0.25) is 19.3 Å². The molecule has 194 valence electrons. The minimum atomic E-state index is -0.988. The van der Waals surface area contributed by atoms with E-state index >= 15 is 0 Å².